The third-order valence-corrected chi connectivity index (χ3v) is 3.17. The molecule has 0 saturated carbocycles. The molecule has 0 aliphatic rings. The summed E-state index contributed by atoms with van der Waals surface area (Å²) in [6, 6.07) is 14.4. The normalized spacial score (nSPS) is 11.0. The van der Waals surface area contributed by atoms with Gasteiger partial charge in [0.2, 0.25) is 0 Å². The maximum Gasteiger partial charge on any atom is 0.337 e. The lowest BCUT2D eigenvalue weighted by Gasteiger charge is -2.07. The van der Waals surface area contributed by atoms with E-state index in [0.717, 1.165) is 17.0 Å². The van der Waals surface area contributed by atoms with E-state index in [4.69, 9.17) is 10.5 Å². The van der Waals surface area contributed by atoms with Crippen LogP contribution in [0.5, 0.6) is 5.75 Å². The Hall–Kier alpha value is -3.02. The Kier molecular flexibility index (Phi) is 5.57. The van der Waals surface area contributed by atoms with Crippen LogP contribution in [-0.4, -0.2) is 26.1 Å². The second-order valence-corrected chi connectivity index (χ2v) is 4.74. The first-order valence-corrected chi connectivity index (χ1v) is 7.00. The Morgan fingerprint density at radius 2 is 1.74 bits per heavy atom. The van der Waals surface area contributed by atoms with Gasteiger partial charge in [-0.05, 0) is 42.0 Å². The molecule has 2 rings (SSSR count). The van der Waals surface area contributed by atoms with Gasteiger partial charge < -0.3 is 20.5 Å². The fourth-order valence-electron chi connectivity index (χ4n) is 1.90. The lowest BCUT2D eigenvalue weighted by Crippen LogP contribution is -2.22. The highest BCUT2D eigenvalue weighted by Crippen LogP contribution is 2.14. The molecule has 6 nitrogen and oxygen atoms in total. The highest BCUT2D eigenvalue weighted by Gasteiger charge is 2.04. The number of carbonyl (C=O) groups excluding carboxylic acids is 1. The van der Waals surface area contributed by atoms with E-state index >= 15 is 0 Å². The number of esters is 1. The zero-order chi connectivity index (χ0) is 16.7. The minimum Gasteiger partial charge on any atom is -0.497 e. The zero-order valence-electron chi connectivity index (χ0n) is 13.1. The first-order chi connectivity index (χ1) is 11.1. The molecule has 0 saturated heterocycles. The number of nitrogens with one attached hydrogen (secondary N) is 1. The van der Waals surface area contributed by atoms with Crippen LogP contribution in [-0.2, 0) is 11.3 Å². The standard InChI is InChI=1S/C17H19N3O3/c1-22-15-9-7-14(8-10-15)20-17(18)19-11-12-3-5-13(6-4-12)16(21)23-2/h3-10H,11H2,1-2H3,(H3,18,19,20). The number of anilines is 1. The smallest absolute Gasteiger partial charge is 0.337 e. The van der Waals surface area contributed by atoms with E-state index < -0.39 is 0 Å². The lowest BCUT2D eigenvalue weighted by molar-refractivity contribution is 0.0600. The molecule has 120 valence electrons. The van der Waals surface area contributed by atoms with E-state index in [0.29, 0.717) is 18.1 Å². The third kappa shape index (κ3) is 4.74. The topological polar surface area (TPSA) is 85.9 Å². The summed E-state index contributed by atoms with van der Waals surface area (Å²) in [5, 5.41) is 3.00. The van der Waals surface area contributed by atoms with E-state index in [1.807, 2.05) is 36.4 Å². The minimum absolute atomic E-state index is 0.312. The van der Waals surface area contributed by atoms with E-state index in [9.17, 15) is 4.79 Å². The molecule has 2 aromatic carbocycles. The molecule has 0 heterocycles. The maximum absolute atomic E-state index is 11.4. The Labute approximate surface area is 134 Å². The molecule has 0 radical (unpaired) electrons. The van der Waals surface area contributed by atoms with Crippen molar-refractivity contribution in [1.82, 2.24) is 0 Å². The van der Waals surface area contributed by atoms with Crippen molar-refractivity contribution in [3.8, 4) is 5.75 Å². The van der Waals surface area contributed by atoms with Gasteiger partial charge in [0.25, 0.3) is 0 Å². The Balaban J connectivity index is 1.94. The molecule has 6 heteroatoms. The first-order valence-electron chi connectivity index (χ1n) is 7.00. The zero-order valence-corrected chi connectivity index (χ0v) is 13.1. The largest absolute Gasteiger partial charge is 0.497 e. The van der Waals surface area contributed by atoms with Crippen molar-refractivity contribution in [2.75, 3.05) is 19.5 Å². The molecule has 23 heavy (non-hydrogen) atoms. The SMILES string of the molecule is COC(=O)c1ccc(CN=C(N)Nc2ccc(OC)cc2)cc1. The van der Waals surface area contributed by atoms with Gasteiger partial charge in [0.05, 0.1) is 26.3 Å². The third-order valence-electron chi connectivity index (χ3n) is 3.17. The summed E-state index contributed by atoms with van der Waals surface area (Å²) in [4.78, 5) is 15.6. The number of methoxy groups -OCH3 is 2. The van der Waals surface area contributed by atoms with Crippen molar-refractivity contribution in [3.63, 3.8) is 0 Å². The maximum atomic E-state index is 11.4. The molecular formula is C17H19N3O3. The predicted molar refractivity (Wildman–Crippen MR) is 89.7 cm³/mol. The van der Waals surface area contributed by atoms with Crippen LogP contribution in [0.4, 0.5) is 5.69 Å². The fraction of sp³-hybridized carbons (Fsp3) is 0.176. The van der Waals surface area contributed by atoms with Gasteiger partial charge >= 0.3 is 5.97 Å². The van der Waals surface area contributed by atoms with Crippen LogP contribution in [0.3, 0.4) is 0 Å². The van der Waals surface area contributed by atoms with Crippen molar-refractivity contribution >= 4 is 17.6 Å². The molecule has 2 aromatic rings. The van der Waals surface area contributed by atoms with E-state index in [1.165, 1.54) is 7.11 Å². The Morgan fingerprint density at radius 3 is 2.30 bits per heavy atom. The van der Waals surface area contributed by atoms with Crippen molar-refractivity contribution in [2.24, 2.45) is 10.7 Å². The van der Waals surface area contributed by atoms with Gasteiger partial charge in [-0.3, -0.25) is 0 Å². The molecule has 0 atom stereocenters. The molecule has 0 spiro atoms. The van der Waals surface area contributed by atoms with E-state index in [-0.39, 0.29) is 5.97 Å². The highest BCUT2D eigenvalue weighted by atomic mass is 16.5. The molecule has 0 aliphatic carbocycles. The molecule has 0 amide bonds. The number of hydrogen-bond acceptors (Lipinski definition) is 4. The molecule has 3 N–H and O–H groups in total. The van der Waals surface area contributed by atoms with Crippen molar-refractivity contribution in [3.05, 3.63) is 59.7 Å². The number of nitrogens with two attached hydrogens (primary N) is 1. The highest BCUT2D eigenvalue weighted by molar-refractivity contribution is 5.92. The summed E-state index contributed by atoms with van der Waals surface area (Å²) in [7, 11) is 2.97. The number of ether oxygens (including phenoxy) is 2. The molecule has 0 aliphatic heterocycles. The van der Waals surface area contributed by atoms with Gasteiger partial charge in [0.15, 0.2) is 5.96 Å². The second kappa shape index (κ2) is 7.84. The molecule has 0 bridgehead atoms. The average Bonchev–Trinajstić information content (AvgIpc) is 2.60. The summed E-state index contributed by atoms with van der Waals surface area (Å²) in [6.07, 6.45) is 0. The number of guanidine groups is 1. The lowest BCUT2D eigenvalue weighted by atomic mass is 10.1. The number of carbonyl (C=O) groups is 1. The number of rotatable bonds is 5. The van der Waals surface area contributed by atoms with Crippen molar-refractivity contribution in [2.45, 2.75) is 6.54 Å². The van der Waals surface area contributed by atoms with Crippen LogP contribution in [0.25, 0.3) is 0 Å². The van der Waals surface area contributed by atoms with Gasteiger partial charge in [-0.2, -0.15) is 0 Å². The average molecular weight is 313 g/mol. The van der Waals surface area contributed by atoms with Crippen LogP contribution in [0.2, 0.25) is 0 Å². The quantitative estimate of drug-likeness (QED) is 0.503. The summed E-state index contributed by atoms with van der Waals surface area (Å²) in [5.74, 6) is 0.727. The van der Waals surface area contributed by atoms with Crippen LogP contribution in [0.15, 0.2) is 53.5 Å². The van der Waals surface area contributed by atoms with Crippen LogP contribution in [0, 0.1) is 0 Å². The number of benzene rings is 2. The van der Waals surface area contributed by atoms with E-state index in [2.05, 4.69) is 15.0 Å². The Bertz CT molecular complexity index is 679. The number of hydrogen-bond donors (Lipinski definition) is 2. The first kappa shape index (κ1) is 16.4. The van der Waals surface area contributed by atoms with E-state index in [1.54, 1.807) is 19.2 Å². The number of aliphatic imine (C=N–C) groups is 1. The van der Waals surface area contributed by atoms with Crippen molar-refractivity contribution in [1.29, 1.82) is 0 Å². The fourth-order valence-corrected chi connectivity index (χ4v) is 1.90. The summed E-state index contributed by atoms with van der Waals surface area (Å²) >= 11 is 0. The van der Waals surface area contributed by atoms with Gasteiger partial charge in [0.1, 0.15) is 5.75 Å². The van der Waals surface area contributed by atoms with Gasteiger partial charge in [-0.25, -0.2) is 9.79 Å². The molecule has 0 aromatic heterocycles. The van der Waals surface area contributed by atoms with Crippen molar-refractivity contribution < 1.29 is 14.3 Å². The predicted octanol–water partition coefficient (Wildman–Crippen LogP) is 2.41. The summed E-state index contributed by atoms with van der Waals surface area (Å²) < 4.78 is 9.74. The number of nitrogens with zero attached hydrogens (tertiary/aromatic N) is 1. The van der Waals surface area contributed by atoms with Gasteiger partial charge in [0, 0.05) is 5.69 Å². The minimum atomic E-state index is -0.360. The van der Waals surface area contributed by atoms with Crippen LogP contribution < -0.4 is 15.8 Å². The molecular weight excluding hydrogens is 294 g/mol. The van der Waals surface area contributed by atoms with Crippen LogP contribution >= 0.6 is 0 Å². The monoisotopic (exact) mass is 313 g/mol. The second-order valence-electron chi connectivity index (χ2n) is 4.74. The van der Waals surface area contributed by atoms with Gasteiger partial charge in [-0.15, -0.1) is 0 Å². The Morgan fingerprint density at radius 1 is 1.09 bits per heavy atom. The molecule has 0 unspecified atom stereocenters. The van der Waals surface area contributed by atoms with Crippen LogP contribution in [0.1, 0.15) is 15.9 Å². The summed E-state index contributed by atoms with van der Waals surface area (Å²) in [5.41, 5.74) is 8.13. The summed E-state index contributed by atoms with van der Waals surface area (Å²) in [6.45, 7) is 0.413. The van der Waals surface area contributed by atoms with Gasteiger partial charge in [-0.1, -0.05) is 12.1 Å². The molecule has 0 fully saturated rings.